The van der Waals surface area contributed by atoms with E-state index in [4.69, 9.17) is 16.3 Å². The number of halogens is 1. The number of carbonyl (C=O) groups is 1. The van der Waals surface area contributed by atoms with Crippen molar-refractivity contribution in [2.45, 2.75) is 26.2 Å². The number of aryl methyl sites for hydroxylation is 1. The lowest BCUT2D eigenvalue weighted by atomic mass is 10.1. The van der Waals surface area contributed by atoms with Gasteiger partial charge in [-0.1, -0.05) is 41.9 Å². The zero-order chi connectivity index (χ0) is 20.2. The van der Waals surface area contributed by atoms with Crippen molar-refractivity contribution in [1.82, 2.24) is 14.7 Å². The van der Waals surface area contributed by atoms with E-state index in [1.165, 1.54) is 5.69 Å². The van der Waals surface area contributed by atoms with Crippen LogP contribution >= 0.6 is 11.6 Å². The number of fused-ring (bicyclic) bond motifs is 1. The lowest BCUT2D eigenvalue weighted by molar-refractivity contribution is 0.103. The van der Waals surface area contributed by atoms with Crippen molar-refractivity contribution in [2.75, 3.05) is 11.9 Å². The minimum Gasteiger partial charge on any atom is -0.370 e. The number of nitrogens with one attached hydrogen (secondary N) is 1. The zero-order valence-electron chi connectivity index (χ0n) is 16.3. The van der Waals surface area contributed by atoms with Crippen LogP contribution in [0.15, 0.2) is 54.6 Å². The molecule has 0 saturated heterocycles. The molecule has 2 amide bonds. The van der Waals surface area contributed by atoms with Crippen LogP contribution in [0.4, 0.5) is 10.5 Å². The molecule has 6 nitrogen and oxygen atoms in total. The maximum Gasteiger partial charge on any atom is 0.322 e. The summed E-state index contributed by atoms with van der Waals surface area (Å²) in [6.45, 7) is 2.08. The standard InChI is InChI=1S/C22H23ClN4O2/c1-26-21-11-12-27(22(28)24-18-5-3-2-4-6-18)13-19(21)20(25-26)15-29-14-16-7-9-17(23)10-8-16/h2-10H,11-15H2,1H3,(H,24,28). The second-order valence-electron chi connectivity index (χ2n) is 7.08. The number of nitrogens with zero attached hydrogens (tertiary/aromatic N) is 3. The van der Waals surface area contributed by atoms with E-state index in [0.29, 0.717) is 31.3 Å². The zero-order valence-corrected chi connectivity index (χ0v) is 17.0. The van der Waals surface area contributed by atoms with Gasteiger partial charge in [0, 0.05) is 42.0 Å². The van der Waals surface area contributed by atoms with E-state index < -0.39 is 0 Å². The molecule has 4 rings (SSSR count). The van der Waals surface area contributed by atoms with Gasteiger partial charge in [0.2, 0.25) is 0 Å². The molecule has 29 heavy (non-hydrogen) atoms. The molecule has 0 aliphatic carbocycles. The second kappa shape index (κ2) is 8.68. The molecule has 0 saturated carbocycles. The van der Waals surface area contributed by atoms with Crippen LogP contribution in [0.2, 0.25) is 5.02 Å². The Kier molecular flexibility index (Phi) is 5.83. The Hall–Kier alpha value is -2.83. The molecule has 0 atom stereocenters. The lowest BCUT2D eigenvalue weighted by Crippen LogP contribution is -2.39. The predicted octanol–water partition coefficient (Wildman–Crippen LogP) is 4.38. The topological polar surface area (TPSA) is 59.4 Å². The van der Waals surface area contributed by atoms with Gasteiger partial charge in [-0.3, -0.25) is 4.68 Å². The van der Waals surface area contributed by atoms with Gasteiger partial charge in [0.1, 0.15) is 0 Å². The third-order valence-electron chi connectivity index (χ3n) is 5.06. The van der Waals surface area contributed by atoms with Gasteiger partial charge in [-0.25, -0.2) is 4.79 Å². The average Bonchev–Trinajstić information content (AvgIpc) is 3.05. The van der Waals surface area contributed by atoms with E-state index in [-0.39, 0.29) is 6.03 Å². The number of benzene rings is 2. The van der Waals surface area contributed by atoms with Crippen molar-refractivity contribution in [1.29, 1.82) is 0 Å². The quantitative estimate of drug-likeness (QED) is 0.679. The molecule has 1 N–H and O–H groups in total. The predicted molar refractivity (Wildman–Crippen MR) is 113 cm³/mol. The number of hydrogen-bond donors (Lipinski definition) is 1. The normalized spacial score (nSPS) is 13.2. The summed E-state index contributed by atoms with van der Waals surface area (Å²) in [5, 5.41) is 8.29. The highest BCUT2D eigenvalue weighted by molar-refractivity contribution is 6.30. The van der Waals surface area contributed by atoms with Crippen molar-refractivity contribution in [3.63, 3.8) is 0 Å². The summed E-state index contributed by atoms with van der Waals surface area (Å²) in [6, 6.07) is 17.0. The van der Waals surface area contributed by atoms with Gasteiger partial charge in [0.15, 0.2) is 0 Å². The molecule has 0 radical (unpaired) electrons. The fourth-order valence-electron chi connectivity index (χ4n) is 3.53. The number of hydrogen-bond acceptors (Lipinski definition) is 3. The minimum absolute atomic E-state index is 0.0984. The summed E-state index contributed by atoms with van der Waals surface area (Å²) >= 11 is 5.92. The Morgan fingerprint density at radius 1 is 1.14 bits per heavy atom. The van der Waals surface area contributed by atoms with Crippen LogP contribution in [-0.2, 0) is 38.0 Å². The summed E-state index contributed by atoms with van der Waals surface area (Å²) in [7, 11) is 1.95. The number of amides is 2. The van der Waals surface area contributed by atoms with E-state index in [1.54, 1.807) is 0 Å². The first-order valence-corrected chi connectivity index (χ1v) is 9.95. The monoisotopic (exact) mass is 410 g/mol. The number of carbonyl (C=O) groups excluding carboxylic acids is 1. The van der Waals surface area contributed by atoms with Gasteiger partial charge in [-0.2, -0.15) is 5.10 Å². The van der Waals surface area contributed by atoms with Crippen molar-refractivity contribution in [3.8, 4) is 0 Å². The van der Waals surface area contributed by atoms with Gasteiger partial charge < -0.3 is 15.0 Å². The maximum absolute atomic E-state index is 12.7. The molecule has 7 heteroatoms. The van der Waals surface area contributed by atoms with Gasteiger partial charge in [-0.05, 0) is 29.8 Å². The third-order valence-corrected chi connectivity index (χ3v) is 5.31. The Morgan fingerprint density at radius 2 is 1.90 bits per heavy atom. The van der Waals surface area contributed by atoms with Crippen molar-refractivity contribution in [2.24, 2.45) is 7.05 Å². The number of ether oxygens (including phenoxy) is 1. The maximum atomic E-state index is 12.7. The van der Waals surface area contributed by atoms with E-state index in [2.05, 4.69) is 10.4 Å². The minimum atomic E-state index is -0.0984. The summed E-state index contributed by atoms with van der Waals surface area (Å²) in [4.78, 5) is 14.5. The second-order valence-corrected chi connectivity index (χ2v) is 7.52. The molecule has 1 aliphatic rings. The molecule has 2 aromatic carbocycles. The number of aromatic nitrogens is 2. The summed E-state index contributed by atoms with van der Waals surface area (Å²) in [5.74, 6) is 0. The molecule has 0 bridgehead atoms. The van der Waals surface area contributed by atoms with Crippen LogP contribution in [-0.4, -0.2) is 27.3 Å². The molecule has 2 heterocycles. The first-order chi connectivity index (χ1) is 14.1. The lowest BCUT2D eigenvalue weighted by Gasteiger charge is -2.28. The largest absolute Gasteiger partial charge is 0.370 e. The molecule has 0 unspecified atom stereocenters. The van der Waals surface area contributed by atoms with Gasteiger partial charge >= 0.3 is 6.03 Å². The van der Waals surface area contributed by atoms with Crippen LogP contribution in [0.1, 0.15) is 22.5 Å². The molecule has 0 fully saturated rings. The fourth-order valence-corrected chi connectivity index (χ4v) is 3.66. The molecule has 1 aliphatic heterocycles. The van der Waals surface area contributed by atoms with Crippen molar-refractivity contribution >= 4 is 23.3 Å². The number of anilines is 1. The third kappa shape index (κ3) is 4.60. The first-order valence-electron chi connectivity index (χ1n) is 9.57. The van der Waals surface area contributed by atoms with Crippen LogP contribution in [0.3, 0.4) is 0 Å². The number of urea groups is 1. The highest BCUT2D eigenvalue weighted by atomic mass is 35.5. The van der Waals surface area contributed by atoms with Gasteiger partial charge in [-0.15, -0.1) is 0 Å². The van der Waals surface area contributed by atoms with Crippen LogP contribution in [0, 0.1) is 0 Å². The van der Waals surface area contributed by atoms with Crippen molar-refractivity contribution < 1.29 is 9.53 Å². The molecule has 1 aromatic heterocycles. The summed E-state index contributed by atoms with van der Waals surface area (Å²) in [5.41, 5.74) is 4.98. The van der Waals surface area contributed by atoms with E-state index in [1.807, 2.05) is 71.2 Å². The smallest absolute Gasteiger partial charge is 0.322 e. The molecule has 150 valence electrons. The highest BCUT2D eigenvalue weighted by Gasteiger charge is 2.26. The molecular formula is C22H23ClN4O2. The molecule has 0 spiro atoms. The Bertz CT molecular complexity index is 986. The average molecular weight is 411 g/mol. The molecule has 3 aromatic rings. The number of para-hydroxylation sites is 1. The van der Waals surface area contributed by atoms with Gasteiger partial charge in [0.25, 0.3) is 0 Å². The SMILES string of the molecule is Cn1nc(COCc2ccc(Cl)cc2)c2c1CCN(C(=O)Nc1ccccc1)C2. The summed E-state index contributed by atoms with van der Waals surface area (Å²) < 4.78 is 7.78. The van der Waals surface area contributed by atoms with E-state index in [0.717, 1.165) is 28.9 Å². The summed E-state index contributed by atoms with van der Waals surface area (Å²) in [6.07, 6.45) is 0.776. The fraction of sp³-hybridized carbons (Fsp3) is 0.273. The first kappa shape index (κ1) is 19.5. The number of rotatable bonds is 5. The van der Waals surface area contributed by atoms with E-state index in [9.17, 15) is 4.79 Å². The van der Waals surface area contributed by atoms with Crippen molar-refractivity contribution in [3.05, 3.63) is 82.1 Å². The van der Waals surface area contributed by atoms with E-state index >= 15 is 0 Å². The Labute approximate surface area is 175 Å². The Morgan fingerprint density at radius 3 is 2.66 bits per heavy atom. The van der Waals surface area contributed by atoms with Crippen LogP contribution in [0.5, 0.6) is 0 Å². The highest BCUT2D eigenvalue weighted by Crippen LogP contribution is 2.24. The Balaban J connectivity index is 1.40. The van der Waals surface area contributed by atoms with Crippen LogP contribution in [0.25, 0.3) is 0 Å². The van der Waals surface area contributed by atoms with Gasteiger partial charge in [0.05, 0.1) is 25.5 Å². The molecular weight excluding hydrogens is 388 g/mol. The van der Waals surface area contributed by atoms with Crippen LogP contribution < -0.4 is 5.32 Å².